The van der Waals surface area contributed by atoms with Gasteiger partial charge in [0.25, 0.3) is 0 Å². The number of fused-ring (bicyclic) bond motifs is 1. The summed E-state index contributed by atoms with van der Waals surface area (Å²) in [6, 6.07) is 16.1. The monoisotopic (exact) mass is 323 g/mol. The van der Waals surface area contributed by atoms with E-state index in [0.29, 0.717) is 0 Å². The highest BCUT2D eigenvalue weighted by Crippen LogP contribution is 2.23. The molecule has 126 valence electrons. The van der Waals surface area contributed by atoms with Crippen molar-refractivity contribution in [2.45, 2.75) is 39.3 Å². The lowest BCUT2D eigenvalue weighted by atomic mass is 9.89. The van der Waals surface area contributed by atoms with Crippen LogP contribution in [-0.4, -0.2) is 24.5 Å². The number of likely N-dealkylation sites (N-methyl/N-ethyl adjacent to an activating group) is 1. The molecule has 0 unspecified atom stereocenters. The Morgan fingerprint density at radius 2 is 1.79 bits per heavy atom. The zero-order valence-corrected chi connectivity index (χ0v) is 15.0. The van der Waals surface area contributed by atoms with E-state index in [-0.39, 0.29) is 17.9 Å². The Bertz CT molecular complexity index is 778. The van der Waals surface area contributed by atoms with Crippen LogP contribution in [0.5, 0.6) is 0 Å². The molecule has 2 aromatic rings. The fraction of sp³-hybridized carbons (Fsp3) is 0.400. The molecule has 0 aliphatic carbocycles. The molecule has 0 aliphatic heterocycles. The zero-order chi connectivity index (χ0) is 17.9. The number of nitrogens with zero attached hydrogens (tertiary/aromatic N) is 2. The number of benzene rings is 2. The van der Waals surface area contributed by atoms with Crippen molar-refractivity contribution in [2.24, 2.45) is 5.92 Å². The average Bonchev–Trinajstić information content (AvgIpc) is 2.59. The van der Waals surface area contributed by atoms with E-state index < -0.39 is 5.54 Å². The second kappa shape index (κ2) is 6.92. The van der Waals surface area contributed by atoms with Gasteiger partial charge in [-0.1, -0.05) is 44.2 Å². The van der Waals surface area contributed by atoms with Crippen LogP contribution >= 0.6 is 0 Å². The first kappa shape index (κ1) is 17.8. The van der Waals surface area contributed by atoms with Crippen molar-refractivity contribution in [3.05, 3.63) is 42.5 Å². The fourth-order valence-corrected chi connectivity index (χ4v) is 2.46. The third-order valence-corrected chi connectivity index (χ3v) is 4.87. The maximum Gasteiger partial charge on any atom is 0.243 e. The standard InChI is InChI=1S/C20H25N3O/c1-14(2)20(4,13-21)22-19(24)15(3)23(5)18-11-10-16-8-6-7-9-17(16)12-18/h6-12,14-15H,1-5H3,(H,22,24)/t15-,20-/m1/s1. The van der Waals surface area contributed by atoms with E-state index in [0.717, 1.165) is 11.1 Å². The van der Waals surface area contributed by atoms with Crippen LogP contribution in [0.15, 0.2) is 42.5 Å². The quantitative estimate of drug-likeness (QED) is 0.912. The number of hydrogen-bond donors (Lipinski definition) is 1. The lowest BCUT2D eigenvalue weighted by Gasteiger charge is -2.32. The highest BCUT2D eigenvalue weighted by molar-refractivity contribution is 5.89. The Hall–Kier alpha value is -2.54. The van der Waals surface area contributed by atoms with Crippen LogP contribution in [0.2, 0.25) is 0 Å². The third-order valence-electron chi connectivity index (χ3n) is 4.87. The van der Waals surface area contributed by atoms with E-state index in [9.17, 15) is 10.1 Å². The molecule has 24 heavy (non-hydrogen) atoms. The predicted molar refractivity (Wildman–Crippen MR) is 98.8 cm³/mol. The van der Waals surface area contributed by atoms with Gasteiger partial charge in [0.05, 0.1) is 6.07 Å². The minimum atomic E-state index is -0.866. The highest BCUT2D eigenvalue weighted by Gasteiger charge is 2.32. The van der Waals surface area contributed by atoms with Gasteiger partial charge in [0.15, 0.2) is 0 Å². The van der Waals surface area contributed by atoms with Crippen molar-refractivity contribution >= 4 is 22.4 Å². The Kier molecular flexibility index (Phi) is 5.14. The Morgan fingerprint density at radius 1 is 1.17 bits per heavy atom. The number of nitrogens with one attached hydrogen (secondary N) is 1. The summed E-state index contributed by atoms with van der Waals surface area (Å²) in [7, 11) is 1.90. The van der Waals surface area contributed by atoms with Crippen molar-refractivity contribution < 1.29 is 4.79 Å². The van der Waals surface area contributed by atoms with E-state index in [4.69, 9.17) is 0 Å². The topological polar surface area (TPSA) is 56.1 Å². The Labute approximate surface area is 144 Å². The van der Waals surface area contributed by atoms with Crippen molar-refractivity contribution in [1.29, 1.82) is 5.26 Å². The van der Waals surface area contributed by atoms with Gasteiger partial charge in [-0.15, -0.1) is 0 Å². The summed E-state index contributed by atoms with van der Waals surface area (Å²) in [6.45, 7) is 7.48. The molecule has 0 saturated heterocycles. The molecule has 2 aromatic carbocycles. The average molecular weight is 323 g/mol. The van der Waals surface area contributed by atoms with Crippen molar-refractivity contribution in [3.63, 3.8) is 0 Å². The van der Waals surface area contributed by atoms with E-state index >= 15 is 0 Å². The number of hydrogen-bond acceptors (Lipinski definition) is 3. The molecule has 4 heteroatoms. The van der Waals surface area contributed by atoms with Gasteiger partial charge in [-0.2, -0.15) is 5.26 Å². The summed E-state index contributed by atoms with van der Waals surface area (Å²) in [5.41, 5.74) is 0.106. The molecular weight excluding hydrogens is 298 g/mol. The molecule has 0 saturated carbocycles. The number of rotatable bonds is 5. The molecule has 2 atom stereocenters. The first-order chi connectivity index (χ1) is 11.3. The number of carbonyl (C=O) groups is 1. The smallest absolute Gasteiger partial charge is 0.243 e. The van der Waals surface area contributed by atoms with Crippen LogP contribution in [0.4, 0.5) is 5.69 Å². The number of amides is 1. The van der Waals surface area contributed by atoms with Crippen LogP contribution in [-0.2, 0) is 4.79 Å². The molecule has 0 spiro atoms. The van der Waals surface area contributed by atoms with E-state index in [1.54, 1.807) is 6.92 Å². The van der Waals surface area contributed by atoms with Gasteiger partial charge in [0, 0.05) is 12.7 Å². The van der Waals surface area contributed by atoms with Crippen LogP contribution in [0.3, 0.4) is 0 Å². The summed E-state index contributed by atoms with van der Waals surface area (Å²) in [6.07, 6.45) is 0. The highest BCUT2D eigenvalue weighted by atomic mass is 16.2. The van der Waals surface area contributed by atoms with Gasteiger partial charge in [-0.3, -0.25) is 4.79 Å². The van der Waals surface area contributed by atoms with Gasteiger partial charge in [-0.25, -0.2) is 0 Å². The second-order valence-corrected chi connectivity index (χ2v) is 6.78. The van der Waals surface area contributed by atoms with Crippen molar-refractivity contribution in [3.8, 4) is 6.07 Å². The molecule has 1 N–H and O–H groups in total. The molecule has 2 rings (SSSR count). The van der Waals surface area contributed by atoms with Crippen LogP contribution < -0.4 is 10.2 Å². The van der Waals surface area contributed by atoms with Crippen LogP contribution in [0.1, 0.15) is 27.7 Å². The lowest BCUT2D eigenvalue weighted by molar-refractivity contribution is -0.123. The second-order valence-electron chi connectivity index (χ2n) is 6.78. The molecule has 0 aliphatic rings. The van der Waals surface area contributed by atoms with E-state index in [1.807, 2.05) is 50.9 Å². The number of carbonyl (C=O) groups excluding carboxylic acids is 1. The first-order valence-electron chi connectivity index (χ1n) is 8.23. The summed E-state index contributed by atoms with van der Waals surface area (Å²) >= 11 is 0. The molecule has 0 heterocycles. The largest absolute Gasteiger partial charge is 0.363 e. The summed E-state index contributed by atoms with van der Waals surface area (Å²) in [5.74, 6) is -0.118. The lowest BCUT2D eigenvalue weighted by Crippen LogP contribution is -2.54. The number of anilines is 1. The molecular formula is C20H25N3O. The van der Waals surface area contributed by atoms with Gasteiger partial charge in [-0.05, 0) is 42.7 Å². The van der Waals surface area contributed by atoms with Crippen LogP contribution in [0, 0.1) is 17.2 Å². The summed E-state index contributed by atoms with van der Waals surface area (Å²) in [4.78, 5) is 14.5. The molecule has 0 aromatic heterocycles. The molecule has 0 bridgehead atoms. The van der Waals surface area contributed by atoms with E-state index in [1.165, 1.54) is 5.39 Å². The van der Waals surface area contributed by atoms with Gasteiger partial charge in [0.1, 0.15) is 11.6 Å². The minimum Gasteiger partial charge on any atom is -0.363 e. The summed E-state index contributed by atoms with van der Waals surface area (Å²) in [5, 5.41) is 14.6. The van der Waals surface area contributed by atoms with Crippen molar-refractivity contribution in [2.75, 3.05) is 11.9 Å². The predicted octanol–water partition coefficient (Wildman–Crippen LogP) is 3.72. The zero-order valence-electron chi connectivity index (χ0n) is 15.0. The number of nitriles is 1. The maximum absolute atomic E-state index is 12.6. The molecule has 0 fully saturated rings. The Balaban J connectivity index is 2.19. The van der Waals surface area contributed by atoms with E-state index in [2.05, 4.69) is 35.7 Å². The normalized spacial score (nSPS) is 14.7. The summed E-state index contributed by atoms with van der Waals surface area (Å²) < 4.78 is 0. The van der Waals surface area contributed by atoms with Gasteiger partial charge in [0.2, 0.25) is 5.91 Å². The molecule has 0 radical (unpaired) electrons. The maximum atomic E-state index is 12.6. The van der Waals surface area contributed by atoms with Crippen LogP contribution in [0.25, 0.3) is 10.8 Å². The third kappa shape index (κ3) is 3.51. The van der Waals surface area contributed by atoms with Gasteiger partial charge < -0.3 is 10.2 Å². The minimum absolute atomic E-state index is 0.0321. The Morgan fingerprint density at radius 3 is 2.38 bits per heavy atom. The fourth-order valence-electron chi connectivity index (χ4n) is 2.46. The molecule has 1 amide bonds. The van der Waals surface area contributed by atoms with Gasteiger partial charge >= 0.3 is 0 Å². The first-order valence-corrected chi connectivity index (χ1v) is 8.23. The van der Waals surface area contributed by atoms with Crippen molar-refractivity contribution in [1.82, 2.24) is 5.32 Å². The SMILES string of the molecule is CC(C)[C@@](C)(C#N)NC(=O)[C@@H](C)N(C)c1ccc2ccccc2c1. The molecule has 4 nitrogen and oxygen atoms in total.